The molecule has 28 heavy (non-hydrogen) atoms. The van der Waals surface area contributed by atoms with Crippen LogP contribution < -0.4 is 16.0 Å². The van der Waals surface area contributed by atoms with Gasteiger partial charge < -0.3 is 16.0 Å². The Morgan fingerprint density at radius 2 is 1.79 bits per heavy atom. The van der Waals surface area contributed by atoms with Gasteiger partial charge in [0.15, 0.2) is 5.82 Å². The summed E-state index contributed by atoms with van der Waals surface area (Å²) < 4.78 is 0. The van der Waals surface area contributed by atoms with Gasteiger partial charge in [0.05, 0.1) is 13.1 Å². The van der Waals surface area contributed by atoms with Crippen molar-refractivity contribution in [3.8, 4) is 0 Å². The number of benzene rings is 2. The SMILES string of the molecule is Cc1ccccc1Nc1nc(N)nc(C[NH+]2CC=C(c3ccccc3)CC2)n1. The minimum Gasteiger partial charge on any atom is -0.368 e. The van der Waals surface area contributed by atoms with Crippen LogP contribution in [0.4, 0.5) is 17.6 Å². The van der Waals surface area contributed by atoms with Gasteiger partial charge >= 0.3 is 0 Å². The fraction of sp³-hybridized carbons (Fsp3) is 0.227. The lowest BCUT2D eigenvalue weighted by Crippen LogP contribution is -3.11. The molecule has 1 atom stereocenters. The number of nitrogens with zero attached hydrogens (tertiary/aromatic N) is 3. The van der Waals surface area contributed by atoms with Gasteiger partial charge in [-0.25, -0.2) is 0 Å². The molecular weight excluding hydrogens is 348 g/mol. The molecule has 1 unspecified atom stereocenters. The number of anilines is 3. The van der Waals surface area contributed by atoms with E-state index in [9.17, 15) is 0 Å². The Bertz CT molecular complexity index is 983. The van der Waals surface area contributed by atoms with Gasteiger partial charge in [-0.3, -0.25) is 0 Å². The second-order valence-electron chi connectivity index (χ2n) is 7.10. The van der Waals surface area contributed by atoms with Crippen LogP contribution in [0.25, 0.3) is 5.57 Å². The minimum absolute atomic E-state index is 0.248. The van der Waals surface area contributed by atoms with E-state index in [0.717, 1.165) is 43.1 Å². The van der Waals surface area contributed by atoms with Gasteiger partial charge in [0.2, 0.25) is 11.9 Å². The molecule has 6 nitrogen and oxygen atoms in total. The average Bonchev–Trinajstić information content (AvgIpc) is 2.71. The quantitative estimate of drug-likeness (QED) is 0.640. The fourth-order valence-electron chi connectivity index (χ4n) is 3.49. The molecular formula is C22H25N6+. The number of nitrogens with one attached hydrogen (secondary N) is 2. The predicted molar refractivity (Wildman–Crippen MR) is 112 cm³/mol. The van der Waals surface area contributed by atoms with Crippen LogP contribution in [-0.2, 0) is 6.54 Å². The zero-order chi connectivity index (χ0) is 19.3. The summed E-state index contributed by atoms with van der Waals surface area (Å²) in [6.07, 6.45) is 3.37. The summed E-state index contributed by atoms with van der Waals surface area (Å²) in [5.41, 5.74) is 10.8. The number of para-hydroxylation sites is 1. The molecule has 0 spiro atoms. The molecule has 0 fully saturated rings. The molecule has 0 radical (unpaired) electrons. The molecule has 2 heterocycles. The Morgan fingerprint density at radius 3 is 2.54 bits per heavy atom. The zero-order valence-electron chi connectivity index (χ0n) is 16.0. The van der Waals surface area contributed by atoms with Crippen LogP contribution >= 0.6 is 0 Å². The first-order valence-electron chi connectivity index (χ1n) is 9.58. The molecule has 0 amide bonds. The largest absolute Gasteiger partial charge is 0.368 e. The van der Waals surface area contributed by atoms with Crippen LogP contribution in [0.5, 0.6) is 0 Å². The first kappa shape index (κ1) is 18.1. The van der Waals surface area contributed by atoms with Crippen LogP contribution in [0.1, 0.15) is 23.4 Å². The second-order valence-corrected chi connectivity index (χ2v) is 7.10. The first-order valence-corrected chi connectivity index (χ1v) is 9.58. The van der Waals surface area contributed by atoms with Gasteiger partial charge in [0, 0.05) is 12.1 Å². The average molecular weight is 373 g/mol. The molecule has 4 N–H and O–H groups in total. The van der Waals surface area contributed by atoms with Crippen molar-refractivity contribution in [2.45, 2.75) is 19.9 Å². The van der Waals surface area contributed by atoms with Crippen LogP contribution in [0.15, 0.2) is 60.7 Å². The van der Waals surface area contributed by atoms with Gasteiger partial charge in [-0.2, -0.15) is 15.0 Å². The lowest BCUT2D eigenvalue weighted by atomic mass is 10.00. The zero-order valence-corrected chi connectivity index (χ0v) is 16.0. The highest BCUT2D eigenvalue weighted by Gasteiger charge is 2.18. The minimum atomic E-state index is 0.248. The summed E-state index contributed by atoms with van der Waals surface area (Å²) in [7, 11) is 0. The van der Waals surface area contributed by atoms with E-state index in [-0.39, 0.29) is 5.95 Å². The van der Waals surface area contributed by atoms with Gasteiger partial charge in [-0.05, 0) is 35.8 Å². The summed E-state index contributed by atoms with van der Waals surface area (Å²) in [6.45, 7) is 4.78. The Kier molecular flexibility index (Phi) is 5.30. The Balaban J connectivity index is 1.45. The molecule has 1 aromatic heterocycles. The van der Waals surface area contributed by atoms with Gasteiger partial charge in [0.25, 0.3) is 0 Å². The molecule has 142 valence electrons. The molecule has 0 saturated carbocycles. The number of nitrogens with two attached hydrogens (primary N) is 1. The van der Waals surface area contributed by atoms with Crippen molar-refractivity contribution < 1.29 is 4.90 Å². The molecule has 4 rings (SSSR count). The summed E-state index contributed by atoms with van der Waals surface area (Å²) >= 11 is 0. The number of hydrogen-bond donors (Lipinski definition) is 3. The maximum absolute atomic E-state index is 5.93. The third-order valence-electron chi connectivity index (χ3n) is 5.03. The van der Waals surface area contributed by atoms with E-state index in [1.54, 1.807) is 0 Å². The third kappa shape index (κ3) is 4.35. The van der Waals surface area contributed by atoms with Crippen molar-refractivity contribution in [1.29, 1.82) is 0 Å². The number of rotatable bonds is 5. The van der Waals surface area contributed by atoms with Crippen LogP contribution in [0.2, 0.25) is 0 Å². The summed E-state index contributed by atoms with van der Waals surface area (Å²) in [6, 6.07) is 18.6. The number of quaternary nitrogens is 1. The normalized spacial score (nSPS) is 16.5. The lowest BCUT2D eigenvalue weighted by molar-refractivity contribution is -0.909. The van der Waals surface area contributed by atoms with Crippen LogP contribution in [-0.4, -0.2) is 28.0 Å². The molecule has 2 aromatic carbocycles. The summed E-state index contributed by atoms with van der Waals surface area (Å²) in [4.78, 5) is 14.6. The second kappa shape index (κ2) is 8.19. The van der Waals surface area contributed by atoms with E-state index < -0.39 is 0 Å². The van der Waals surface area contributed by atoms with Gasteiger partial charge in [0.1, 0.15) is 6.54 Å². The van der Waals surface area contributed by atoms with Crippen molar-refractivity contribution in [2.24, 2.45) is 0 Å². The third-order valence-corrected chi connectivity index (χ3v) is 5.03. The highest BCUT2D eigenvalue weighted by atomic mass is 15.2. The predicted octanol–water partition coefficient (Wildman–Crippen LogP) is 2.38. The Hall–Kier alpha value is -3.25. The summed E-state index contributed by atoms with van der Waals surface area (Å²) in [5, 5.41) is 3.26. The van der Waals surface area contributed by atoms with Crippen molar-refractivity contribution in [2.75, 3.05) is 24.1 Å². The molecule has 0 bridgehead atoms. The van der Waals surface area contributed by atoms with E-state index in [2.05, 4.69) is 56.7 Å². The molecule has 3 aromatic rings. The van der Waals surface area contributed by atoms with Gasteiger partial charge in [-0.1, -0.05) is 48.5 Å². The highest BCUT2D eigenvalue weighted by molar-refractivity contribution is 5.65. The van der Waals surface area contributed by atoms with Crippen LogP contribution in [0.3, 0.4) is 0 Å². The van der Waals surface area contributed by atoms with Crippen molar-refractivity contribution in [1.82, 2.24) is 15.0 Å². The lowest BCUT2D eigenvalue weighted by Gasteiger charge is -2.23. The number of aryl methyl sites for hydroxylation is 1. The van der Waals surface area contributed by atoms with E-state index in [1.807, 2.05) is 31.2 Å². The van der Waals surface area contributed by atoms with Crippen molar-refractivity contribution >= 4 is 23.2 Å². The molecule has 0 aliphatic carbocycles. The van der Waals surface area contributed by atoms with Crippen molar-refractivity contribution in [3.63, 3.8) is 0 Å². The highest BCUT2D eigenvalue weighted by Crippen LogP contribution is 2.19. The molecule has 0 saturated heterocycles. The van der Waals surface area contributed by atoms with E-state index in [4.69, 9.17) is 5.73 Å². The van der Waals surface area contributed by atoms with Crippen molar-refractivity contribution in [3.05, 3.63) is 77.6 Å². The first-order chi connectivity index (χ1) is 13.7. The van der Waals surface area contributed by atoms with Gasteiger partial charge in [-0.15, -0.1) is 0 Å². The van der Waals surface area contributed by atoms with Crippen LogP contribution in [0, 0.1) is 6.92 Å². The number of hydrogen-bond acceptors (Lipinski definition) is 5. The Labute approximate surface area is 165 Å². The summed E-state index contributed by atoms with van der Waals surface area (Å²) in [5.74, 6) is 1.46. The topological polar surface area (TPSA) is 81.2 Å². The maximum atomic E-state index is 5.93. The molecule has 1 aliphatic rings. The fourth-order valence-corrected chi connectivity index (χ4v) is 3.49. The smallest absolute Gasteiger partial charge is 0.232 e. The van der Waals surface area contributed by atoms with E-state index >= 15 is 0 Å². The molecule has 1 aliphatic heterocycles. The maximum Gasteiger partial charge on any atom is 0.232 e. The molecule has 6 heteroatoms. The Morgan fingerprint density at radius 1 is 1.00 bits per heavy atom. The standard InChI is InChI=1S/C22H24N6/c1-16-7-5-6-10-19(16)24-22-26-20(25-21(23)27-22)15-28-13-11-18(12-14-28)17-8-3-2-4-9-17/h2-11H,12-15H2,1H3,(H3,23,24,25,26,27)/p+1. The monoisotopic (exact) mass is 373 g/mol. The van der Waals surface area contributed by atoms with E-state index in [0.29, 0.717) is 5.95 Å². The number of nitrogen functional groups attached to an aromatic ring is 1. The van der Waals surface area contributed by atoms with E-state index in [1.165, 1.54) is 16.0 Å². The number of aromatic nitrogens is 3.